The first-order chi connectivity index (χ1) is 11.0. The van der Waals surface area contributed by atoms with Gasteiger partial charge in [0.2, 0.25) is 0 Å². The highest BCUT2D eigenvalue weighted by atomic mass is 32.2. The number of methoxy groups -OCH3 is 2. The standard InChI is InChI=1S/C15H13NO6S/c1-21-12(17)8-16-13(18)11(23-15(16)20)7-9-3-5-10(6-4-9)14(19)22-2/h3-7H,8H2,1-2H3/b11-7+. The third-order valence-corrected chi connectivity index (χ3v) is 3.93. The second-order valence-corrected chi connectivity index (χ2v) is 5.45. The Balaban J connectivity index is 2.17. The number of carbonyl (C=O) groups is 4. The van der Waals surface area contributed by atoms with E-state index in [-0.39, 0.29) is 4.91 Å². The van der Waals surface area contributed by atoms with Crippen LogP contribution in [0.2, 0.25) is 0 Å². The van der Waals surface area contributed by atoms with E-state index in [0.29, 0.717) is 11.1 Å². The lowest BCUT2D eigenvalue weighted by Gasteiger charge is -2.09. The molecule has 0 aliphatic carbocycles. The smallest absolute Gasteiger partial charge is 0.337 e. The summed E-state index contributed by atoms with van der Waals surface area (Å²) < 4.78 is 9.05. The molecule has 8 heteroatoms. The molecule has 0 radical (unpaired) electrons. The van der Waals surface area contributed by atoms with Gasteiger partial charge in [-0.05, 0) is 35.5 Å². The van der Waals surface area contributed by atoms with Gasteiger partial charge in [0, 0.05) is 0 Å². The Bertz CT molecular complexity index is 694. The monoisotopic (exact) mass is 335 g/mol. The quantitative estimate of drug-likeness (QED) is 0.611. The molecule has 0 atom stereocenters. The molecule has 1 aromatic rings. The van der Waals surface area contributed by atoms with Gasteiger partial charge in [-0.3, -0.25) is 19.3 Å². The normalized spacial score (nSPS) is 15.9. The molecule has 0 N–H and O–H groups in total. The van der Waals surface area contributed by atoms with Gasteiger partial charge >= 0.3 is 11.9 Å². The van der Waals surface area contributed by atoms with Gasteiger partial charge < -0.3 is 9.47 Å². The number of hydrogen-bond acceptors (Lipinski definition) is 7. The Hall–Kier alpha value is -2.61. The molecule has 1 heterocycles. The van der Waals surface area contributed by atoms with Gasteiger partial charge in [0.1, 0.15) is 6.54 Å². The summed E-state index contributed by atoms with van der Waals surface area (Å²) in [6, 6.07) is 6.35. The molecule has 1 fully saturated rings. The number of thioether (sulfide) groups is 1. The summed E-state index contributed by atoms with van der Waals surface area (Å²) in [7, 11) is 2.47. The molecule has 0 spiro atoms. The number of imide groups is 1. The van der Waals surface area contributed by atoms with Crippen LogP contribution in [0.4, 0.5) is 4.79 Å². The number of amides is 2. The van der Waals surface area contributed by atoms with E-state index in [1.54, 1.807) is 24.3 Å². The van der Waals surface area contributed by atoms with Crippen molar-refractivity contribution in [2.24, 2.45) is 0 Å². The predicted octanol–water partition coefficient (Wildman–Crippen LogP) is 1.68. The number of esters is 2. The Morgan fingerprint density at radius 3 is 2.35 bits per heavy atom. The minimum absolute atomic E-state index is 0.199. The van der Waals surface area contributed by atoms with Crippen molar-refractivity contribution < 1.29 is 28.7 Å². The summed E-state index contributed by atoms with van der Waals surface area (Å²) in [5, 5.41) is -0.530. The van der Waals surface area contributed by atoms with Crippen LogP contribution in [-0.4, -0.2) is 48.7 Å². The number of benzene rings is 1. The molecule has 0 saturated carbocycles. The third kappa shape index (κ3) is 3.78. The Kier molecular flexibility index (Phi) is 5.17. The van der Waals surface area contributed by atoms with Crippen LogP contribution in [-0.2, 0) is 19.1 Å². The van der Waals surface area contributed by atoms with Crippen molar-refractivity contribution in [2.75, 3.05) is 20.8 Å². The van der Waals surface area contributed by atoms with E-state index in [1.807, 2.05) is 0 Å². The summed E-state index contributed by atoms with van der Waals surface area (Å²) >= 11 is 0.743. The molecule has 2 amide bonds. The minimum atomic E-state index is -0.670. The van der Waals surface area contributed by atoms with Crippen LogP contribution >= 0.6 is 11.8 Å². The van der Waals surface area contributed by atoms with Crippen molar-refractivity contribution in [2.45, 2.75) is 0 Å². The van der Waals surface area contributed by atoms with Crippen LogP contribution in [0.3, 0.4) is 0 Å². The number of carbonyl (C=O) groups excluding carboxylic acids is 4. The summed E-state index contributed by atoms with van der Waals surface area (Å²) in [4.78, 5) is 47.5. The van der Waals surface area contributed by atoms with Gasteiger partial charge in [-0.25, -0.2) is 4.79 Å². The van der Waals surface area contributed by atoms with Crippen molar-refractivity contribution in [1.82, 2.24) is 4.90 Å². The zero-order valence-electron chi connectivity index (χ0n) is 12.4. The molecule has 120 valence electrons. The van der Waals surface area contributed by atoms with Crippen molar-refractivity contribution in [3.8, 4) is 0 Å². The summed E-state index contributed by atoms with van der Waals surface area (Å²) in [5.41, 5.74) is 1.02. The van der Waals surface area contributed by atoms with Crippen LogP contribution in [0.1, 0.15) is 15.9 Å². The number of rotatable bonds is 4. The van der Waals surface area contributed by atoms with Gasteiger partial charge in [0.05, 0.1) is 24.7 Å². The maximum Gasteiger partial charge on any atom is 0.337 e. The van der Waals surface area contributed by atoms with E-state index in [9.17, 15) is 19.2 Å². The minimum Gasteiger partial charge on any atom is -0.468 e. The second kappa shape index (κ2) is 7.10. The average Bonchev–Trinajstić information content (AvgIpc) is 2.82. The summed E-state index contributed by atoms with van der Waals surface area (Å²) in [6.07, 6.45) is 1.52. The average molecular weight is 335 g/mol. The second-order valence-electron chi connectivity index (χ2n) is 4.46. The number of hydrogen-bond donors (Lipinski definition) is 0. The van der Waals surface area contributed by atoms with Gasteiger partial charge in [-0.2, -0.15) is 0 Å². The van der Waals surface area contributed by atoms with E-state index >= 15 is 0 Å². The lowest BCUT2D eigenvalue weighted by Crippen LogP contribution is -2.34. The molecule has 1 aliphatic heterocycles. The van der Waals surface area contributed by atoms with Crippen LogP contribution in [0.25, 0.3) is 6.08 Å². The summed E-state index contributed by atoms with van der Waals surface area (Å²) in [5.74, 6) is -1.69. The highest BCUT2D eigenvalue weighted by Crippen LogP contribution is 2.32. The molecule has 0 unspecified atom stereocenters. The predicted molar refractivity (Wildman–Crippen MR) is 82.5 cm³/mol. The highest BCUT2D eigenvalue weighted by Gasteiger charge is 2.36. The first-order valence-electron chi connectivity index (χ1n) is 6.47. The van der Waals surface area contributed by atoms with E-state index in [4.69, 9.17) is 0 Å². The fourth-order valence-electron chi connectivity index (χ4n) is 1.81. The topological polar surface area (TPSA) is 90.0 Å². The van der Waals surface area contributed by atoms with E-state index < -0.39 is 29.6 Å². The first-order valence-corrected chi connectivity index (χ1v) is 7.28. The van der Waals surface area contributed by atoms with Crippen LogP contribution in [0.15, 0.2) is 29.2 Å². The Morgan fingerprint density at radius 2 is 1.78 bits per heavy atom. The largest absolute Gasteiger partial charge is 0.468 e. The fourth-order valence-corrected chi connectivity index (χ4v) is 2.65. The number of ether oxygens (including phenoxy) is 2. The molecule has 7 nitrogen and oxygen atoms in total. The Labute approximate surface area is 136 Å². The SMILES string of the molecule is COC(=O)CN1C(=O)S/C(=C/c2ccc(C(=O)OC)cc2)C1=O. The zero-order chi connectivity index (χ0) is 17.0. The third-order valence-electron chi connectivity index (χ3n) is 3.02. The van der Waals surface area contributed by atoms with Crippen molar-refractivity contribution in [3.63, 3.8) is 0 Å². The maximum absolute atomic E-state index is 12.1. The number of nitrogens with zero attached hydrogens (tertiary/aromatic N) is 1. The van der Waals surface area contributed by atoms with E-state index in [1.165, 1.54) is 20.3 Å². The molecule has 1 aliphatic rings. The van der Waals surface area contributed by atoms with Crippen LogP contribution in [0, 0.1) is 0 Å². The van der Waals surface area contributed by atoms with Crippen molar-refractivity contribution >= 4 is 40.9 Å². The fraction of sp³-hybridized carbons (Fsp3) is 0.200. The van der Waals surface area contributed by atoms with E-state index in [0.717, 1.165) is 16.7 Å². The molecule has 1 aromatic carbocycles. The maximum atomic E-state index is 12.1. The zero-order valence-corrected chi connectivity index (χ0v) is 13.2. The molecule has 0 aromatic heterocycles. The molecule has 1 saturated heterocycles. The Morgan fingerprint density at radius 1 is 1.13 bits per heavy atom. The van der Waals surface area contributed by atoms with Gasteiger partial charge in [-0.15, -0.1) is 0 Å². The van der Waals surface area contributed by atoms with Gasteiger partial charge in [0.15, 0.2) is 0 Å². The van der Waals surface area contributed by atoms with Gasteiger partial charge in [0.25, 0.3) is 11.1 Å². The molecule has 23 heavy (non-hydrogen) atoms. The van der Waals surface area contributed by atoms with Crippen molar-refractivity contribution in [1.29, 1.82) is 0 Å². The molecular weight excluding hydrogens is 322 g/mol. The molecule has 2 rings (SSSR count). The van der Waals surface area contributed by atoms with Crippen LogP contribution in [0.5, 0.6) is 0 Å². The summed E-state index contributed by atoms with van der Waals surface area (Å²) in [6.45, 7) is -0.417. The van der Waals surface area contributed by atoms with E-state index in [2.05, 4.69) is 9.47 Å². The molecule has 0 bridgehead atoms. The van der Waals surface area contributed by atoms with Gasteiger partial charge in [-0.1, -0.05) is 12.1 Å². The van der Waals surface area contributed by atoms with Crippen LogP contribution < -0.4 is 0 Å². The first kappa shape index (κ1) is 16.8. The van der Waals surface area contributed by atoms with Crippen molar-refractivity contribution in [3.05, 3.63) is 40.3 Å². The lowest BCUT2D eigenvalue weighted by molar-refractivity contribution is -0.143. The lowest BCUT2D eigenvalue weighted by atomic mass is 10.1. The molecular formula is C15H13NO6S. The highest BCUT2D eigenvalue weighted by molar-refractivity contribution is 8.18.